The summed E-state index contributed by atoms with van der Waals surface area (Å²) >= 11 is 6.04. The fraction of sp³-hybridized carbons (Fsp3) is 0.217. The molecule has 168 valence electrons. The van der Waals surface area contributed by atoms with Gasteiger partial charge in [0.15, 0.2) is 0 Å². The summed E-state index contributed by atoms with van der Waals surface area (Å²) in [5, 5.41) is 2.66. The van der Waals surface area contributed by atoms with Crippen LogP contribution in [0.4, 0.5) is 5.69 Å². The number of aromatic nitrogens is 1. The Bertz CT molecular complexity index is 1270. The van der Waals surface area contributed by atoms with Gasteiger partial charge in [-0.25, -0.2) is 8.42 Å². The number of halogens is 1. The summed E-state index contributed by atoms with van der Waals surface area (Å²) in [6.45, 7) is 6.65. The smallest absolute Gasteiger partial charge is 0.307 e. The monoisotopic (exact) mass is 474 g/mol. The molecule has 1 heterocycles. The van der Waals surface area contributed by atoms with Crippen molar-refractivity contribution in [2.45, 2.75) is 31.0 Å². The minimum atomic E-state index is -4.13. The van der Waals surface area contributed by atoms with Crippen LogP contribution in [-0.4, -0.2) is 25.3 Å². The van der Waals surface area contributed by atoms with E-state index in [4.69, 9.17) is 16.3 Å². The van der Waals surface area contributed by atoms with Crippen LogP contribution in [0.1, 0.15) is 42.2 Å². The van der Waals surface area contributed by atoms with Crippen LogP contribution in [0, 0.1) is 0 Å². The second-order valence-electron chi connectivity index (χ2n) is 7.18. The van der Waals surface area contributed by atoms with Crippen molar-refractivity contribution >= 4 is 49.9 Å². The molecular weight excluding hydrogens is 452 g/mol. The van der Waals surface area contributed by atoms with Gasteiger partial charge in [0.25, 0.3) is 0 Å². The van der Waals surface area contributed by atoms with E-state index in [1.807, 2.05) is 0 Å². The van der Waals surface area contributed by atoms with E-state index in [0.29, 0.717) is 27.2 Å². The number of ether oxygens (including phenoxy) is 1. The van der Waals surface area contributed by atoms with Crippen molar-refractivity contribution in [1.29, 1.82) is 0 Å². The summed E-state index contributed by atoms with van der Waals surface area (Å²) in [6, 6.07) is 13.0. The molecule has 0 aliphatic heterocycles. The van der Waals surface area contributed by atoms with Crippen LogP contribution in [0.3, 0.4) is 0 Å². The zero-order valence-corrected chi connectivity index (χ0v) is 19.2. The van der Waals surface area contributed by atoms with Crippen molar-refractivity contribution in [3.63, 3.8) is 0 Å². The zero-order valence-electron chi connectivity index (χ0n) is 17.6. The lowest BCUT2D eigenvalue weighted by Gasteiger charge is -2.22. The van der Waals surface area contributed by atoms with Crippen molar-refractivity contribution < 1.29 is 22.7 Å². The molecule has 0 fully saturated rings. The second-order valence-corrected chi connectivity index (χ2v) is 9.73. The first-order chi connectivity index (χ1) is 15.1. The normalized spacial score (nSPS) is 13.3. The van der Waals surface area contributed by atoms with E-state index < -0.39 is 26.5 Å². The maximum absolute atomic E-state index is 13.7. The van der Waals surface area contributed by atoms with E-state index in [1.165, 1.54) is 13.0 Å². The highest BCUT2D eigenvalue weighted by molar-refractivity contribution is 7.91. The lowest BCUT2D eigenvalue weighted by molar-refractivity contribution is -0.145. The molecule has 0 saturated heterocycles. The lowest BCUT2D eigenvalue weighted by atomic mass is 10.1. The number of benzene rings is 2. The molecule has 0 aliphatic rings. The summed E-state index contributed by atoms with van der Waals surface area (Å²) in [5.74, 6) is -0.893. The standard InChI is InChI=1S/C23H23ClN2O5S/c1-4-21(15-6-9-18(10-7-15)25-14(3)27)32(29,30)23(31-22(28)5-2)20-13-16-12-17(24)8-11-19(16)26-20/h4,6-13,21,23,26H,1,5H2,2-3H3,(H,25,27). The first kappa shape index (κ1) is 23.6. The van der Waals surface area contributed by atoms with Crippen molar-refractivity contribution in [3.8, 4) is 0 Å². The Morgan fingerprint density at radius 3 is 2.47 bits per heavy atom. The molecule has 9 heteroatoms. The number of nitrogens with one attached hydrogen (secondary N) is 2. The summed E-state index contributed by atoms with van der Waals surface area (Å²) < 4.78 is 32.7. The fourth-order valence-electron chi connectivity index (χ4n) is 3.32. The number of carbonyl (C=O) groups excluding carboxylic acids is 2. The summed E-state index contributed by atoms with van der Waals surface area (Å²) in [7, 11) is -4.13. The van der Waals surface area contributed by atoms with Crippen molar-refractivity contribution in [3.05, 3.63) is 77.5 Å². The molecule has 2 aromatic carbocycles. The minimum Gasteiger partial charge on any atom is -0.439 e. The number of anilines is 1. The lowest BCUT2D eigenvalue weighted by Crippen LogP contribution is -2.24. The maximum atomic E-state index is 13.7. The molecule has 2 N–H and O–H groups in total. The second kappa shape index (κ2) is 9.58. The molecule has 32 heavy (non-hydrogen) atoms. The third-order valence-corrected chi connectivity index (χ3v) is 7.17. The Morgan fingerprint density at radius 1 is 1.19 bits per heavy atom. The van der Waals surface area contributed by atoms with E-state index in [-0.39, 0.29) is 18.0 Å². The van der Waals surface area contributed by atoms with Gasteiger partial charge in [0.2, 0.25) is 21.2 Å². The number of hydrogen-bond donors (Lipinski definition) is 2. The number of fused-ring (bicyclic) bond motifs is 1. The highest BCUT2D eigenvalue weighted by atomic mass is 35.5. The number of aromatic amines is 1. The van der Waals surface area contributed by atoms with E-state index in [1.54, 1.807) is 55.5 Å². The van der Waals surface area contributed by atoms with Crippen LogP contribution < -0.4 is 5.32 Å². The van der Waals surface area contributed by atoms with Crippen LogP contribution in [0.25, 0.3) is 10.9 Å². The van der Waals surface area contributed by atoms with Crippen LogP contribution >= 0.6 is 11.6 Å². The molecule has 0 aliphatic carbocycles. The van der Waals surface area contributed by atoms with E-state index in [0.717, 1.165) is 0 Å². The largest absolute Gasteiger partial charge is 0.439 e. The molecule has 3 aromatic rings. The molecular formula is C23H23ClN2O5S. The molecule has 0 radical (unpaired) electrons. The Kier molecular flexibility index (Phi) is 7.06. The number of rotatable bonds is 8. The van der Waals surface area contributed by atoms with Gasteiger partial charge in [-0.1, -0.05) is 36.7 Å². The molecule has 7 nitrogen and oxygen atoms in total. The van der Waals surface area contributed by atoms with Crippen LogP contribution in [-0.2, 0) is 24.2 Å². The van der Waals surface area contributed by atoms with Gasteiger partial charge in [-0.2, -0.15) is 0 Å². The van der Waals surface area contributed by atoms with E-state index in [9.17, 15) is 18.0 Å². The third kappa shape index (κ3) is 5.03. The zero-order chi connectivity index (χ0) is 23.5. The quantitative estimate of drug-likeness (QED) is 0.350. The summed E-state index contributed by atoms with van der Waals surface area (Å²) in [6.07, 6.45) is 1.30. The molecule has 2 unspecified atom stereocenters. The minimum absolute atomic E-state index is 0.0161. The third-order valence-electron chi connectivity index (χ3n) is 4.81. The van der Waals surface area contributed by atoms with Crippen LogP contribution in [0.15, 0.2) is 61.2 Å². The van der Waals surface area contributed by atoms with Gasteiger partial charge in [0.1, 0.15) is 5.25 Å². The van der Waals surface area contributed by atoms with Crippen LogP contribution in [0.2, 0.25) is 5.02 Å². The van der Waals surface area contributed by atoms with E-state index in [2.05, 4.69) is 16.9 Å². The number of hydrogen-bond acceptors (Lipinski definition) is 5. The highest BCUT2D eigenvalue weighted by Crippen LogP contribution is 2.37. The van der Waals surface area contributed by atoms with Crippen molar-refractivity contribution in [1.82, 2.24) is 4.98 Å². The van der Waals surface area contributed by atoms with E-state index >= 15 is 0 Å². The van der Waals surface area contributed by atoms with Gasteiger partial charge < -0.3 is 15.0 Å². The fourth-order valence-corrected chi connectivity index (χ4v) is 5.29. The van der Waals surface area contributed by atoms with Gasteiger partial charge in [0.05, 0.1) is 5.69 Å². The highest BCUT2D eigenvalue weighted by Gasteiger charge is 2.38. The molecule has 0 saturated carbocycles. The van der Waals surface area contributed by atoms with Gasteiger partial charge in [-0.3, -0.25) is 9.59 Å². The predicted molar refractivity (Wildman–Crippen MR) is 125 cm³/mol. The van der Waals surface area contributed by atoms with Gasteiger partial charge in [-0.05, 0) is 42.0 Å². The number of carbonyl (C=O) groups is 2. The number of H-pyrrole nitrogens is 1. The molecule has 1 aromatic heterocycles. The SMILES string of the molecule is C=CC(c1ccc(NC(C)=O)cc1)S(=O)(=O)C(OC(=O)CC)c1cc2cc(Cl)ccc2[nH]1. The average molecular weight is 475 g/mol. The average Bonchev–Trinajstić information content (AvgIpc) is 3.15. The molecule has 2 atom stereocenters. The number of esters is 1. The number of amides is 1. The first-order valence-corrected chi connectivity index (χ1v) is 11.8. The van der Waals surface area contributed by atoms with Crippen LogP contribution in [0.5, 0.6) is 0 Å². The maximum Gasteiger partial charge on any atom is 0.307 e. The van der Waals surface area contributed by atoms with Gasteiger partial charge >= 0.3 is 5.97 Å². The first-order valence-electron chi connectivity index (χ1n) is 9.86. The van der Waals surface area contributed by atoms with Crippen molar-refractivity contribution in [2.75, 3.05) is 5.32 Å². The summed E-state index contributed by atoms with van der Waals surface area (Å²) in [4.78, 5) is 26.4. The predicted octanol–water partition coefficient (Wildman–Crippen LogP) is 5.07. The Labute approximate surface area is 191 Å². The summed E-state index contributed by atoms with van der Waals surface area (Å²) in [5.41, 5.74) is 0.255. The number of sulfone groups is 1. The molecule has 0 bridgehead atoms. The van der Waals surface area contributed by atoms with Gasteiger partial charge in [-0.15, -0.1) is 6.58 Å². The molecule has 1 amide bonds. The molecule has 3 rings (SSSR count). The Morgan fingerprint density at radius 2 is 1.88 bits per heavy atom. The van der Waals surface area contributed by atoms with Crippen molar-refractivity contribution in [2.24, 2.45) is 0 Å². The Hall–Kier alpha value is -3.10. The molecule has 0 spiro atoms. The van der Waals surface area contributed by atoms with Gasteiger partial charge in [0, 0.05) is 35.0 Å². The Balaban J connectivity index is 2.05. The topological polar surface area (TPSA) is 105 Å².